The van der Waals surface area contributed by atoms with Crippen molar-refractivity contribution in [3.63, 3.8) is 0 Å². The molecule has 0 spiro atoms. The fourth-order valence-corrected chi connectivity index (χ4v) is 4.36. The lowest BCUT2D eigenvalue weighted by Crippen LogP contribution is -2.54. The van der Waals surface area contributed by atoms with Crippen LogP contribution in [-0.2, 0) is 16.0 Å². The summed E-state index contributed by atoms with van der Waals surface area (Å²) in [6.45, 7) is 3.01. The topological polar surface area (TPSA) is 40.6 Å². The van der Waals surface area contributed by atoms with E-state index in [1.54, 1.807) is 25.1 Å². The average Bonchev–Trinajstić information content (AvgIpc) is 2.72. The summed E-state index contributed by atoms with van der Waals surface area (Å²) >= 11 is 0. The Balaban J connectivity index is 1.93. The highest BCUT2D eigenvalue weighted by Gasteiger charge is 2.44. The van der Waals surface area contributed by atoms with Gasteiger partial charge in [-0.15, -0.1) is 0 Å². The van der Waals surface area contributed by atoms with E-state index in [2.05, 4.69) is 0 Å². The van der Waals surface area contributed by atoms with Gasteiger partial charge in [0, 0.05) is 33.6 Å². The van der Waals surface area contributed by atoms with Crippen LogP contribution < -0.4 is 0 Å². The highest BCUT2D eigenvalue weighted by Crippen LogP contribution is 2.36. The number of benzene rings is 2. The van der Waals surface area contributed by atoms with Gasteiger partial charge in [-0.1, -0.05) is 43.3 Å². The molecule has 1 fully saturated rings. The van der Waals surface area contributed by atoms with Gasteiger partial charge in [0.25, 0.3) is 0 Å². The van der Waals surface area contributed by atoms with E-state index in [-0.39, 0.29) is 17.6 Å². The molecule has 0 saturated carbocycles. The first-order valence-electron chi connectivity index (χ1n) is 10.2. The Bertz CT molecular complexity index is 896. The normalized spacial score (nSPS) is 19.1. The maximum atomic E-state index is 13.6. The Morgan fingerprint density at radius 1 is 1.10 bits per heavy atom. The molecule has 154 valence electrons. The summed E-state index contributed by atoms with van der Waals surface area (Å²) in [5, 5.41) is 0. The van der Waals surface area contributed by atoms with Crippen LogP contribution >= 0.6 is 0 Å². The third-order valence-electron chi connectivity index (χ3n) is 5.72. The number of carbonyl (C=O) groups is 2. The van der Waals surface area contributed by atoms with Gasteiger partial charge in [0.1, 0.15) is 5.82 Å². The van der Waals surface area contributed by atoms with Gasteiger partial charge in [-0.25, -0.2) is 4.39 Å². The van der Waals surface area contributed by atoms with E-state index in [0.717, 1.165) is 29.5 Å². The lowest BCUT2D eigenvalue weighted by atomic mass is 9.73. The SMILES string of the molecule is CCC(=O)N1CCC[C@](Cc2cccc(-c3cccc(F)c3)c2)(C(=O)N(C)C)C1. The molecule has 29 heavy (non-hydrogen) atoms. The van der Waals surface area contributed by atoms with Crippen LogP contribution in [0.2, 0.25) is 0 Å². The minimum atomic E-state index is -0.632. The van der Waals surface area contributed by atoms with Crippen molar-refractivity contribution in [1.29, 1.82) is 0 Å². The second-order valence-electron chi connectivity index (χ2n) is 8.14. The molecule has 1 saturated heterocycles. The highest BCUT2D eigenvalue weighted by atomic mass is 19.1. The Morgan fingerprint density at radius 3 is 2.45 bits per heavy atom. The molecule has 1 heterocycles. The summed E-state index contributed by atoms with van der Waals surface area (Å²) in [6.07, 6.45) is 2.57. The first-order valence-corrected chi connectivity index (χ1v) is 10.2. The number of likely N-dealkylation sites (tertiary alicyclic amines) is 1. The molecule has 4 nitrogen and oxygen atoms in total. The average molecular weight is 397 g/mol. The van der Waals surface area contributed by atoms with Crippen molar-refractivity contribution in [3.05, 3.63) is 59.9 Å². The molecular weight excluding hydrogens is 367 g/mol. The Hall–Kier alpha value is -2.69. The Kier molecular flexibility index (Phi) is 6.36. The van der Waals surface area contributed by atoms with E-state index in [0.29, 0.717) is 25.9 Å². The number of hydrogen-bond acceptors (Lipinski definition) is 2. The lowest BCUT2D eigenvalue weighted by Gasteiger charge is -2.43. The van der Waals surface area contributed by atoms with Crippen molar-refractivity contribution in [1.82, 2.24) is 9.80 Å². The van der Waals surface area contributed by atoms with E-state index >= 15 is 0 Å². The van der Waals surface area contributed by atoms with E-state index in [1.807, 2.05) is 42.2 Å². The lowest BCUT2D eigenvalue weighted by molar-refractivity contribution is -0.147. The number of carbonyl (C=O) groups excluding carboxylic acids is 2. The third kappa shape index (κ3) is 4.66. The van der Waals surface area contributed by atoms with Crippen LogP contribution in [-0.4, -0.2) is 48.8 Å². The first-order chi connectivity index (χ1) is 13.8. The zero-order valence-electron chi connectivity index (χ0n) is 17.5. The monoisotopic (exact) mass is 396 g/mol. The highest BCUT2D eigenvalue weighted by molar-refractivity contribution is 5.84. The quantitative estimate of drug-likeness (QED) is 0.762. The molecule has 2 aromatic carbocycles. The Morgan fingerprint density at radius 2 is 1.79 bits per heavy atom. The van der Waals surface area contributed by atoms with Gasteiger partial charge in [0.2, 0.25) is 11.8 Å². The second-order valence-corrected chi connectivity index (χ2v) is 8.14. The first kappa shape index (κ1) is 21.0. The van der Waals surface area contributed by atoms with Gasteiger partial charge in [-0.3, -0.25) is 9.59 Å². The third-order valence-corrected chi connectivity index (χ3v) is 5.72. The molecule has 0 N–H and O–H groups in total. The predicted octanol–water partition coefficient (Wildman–Crippen LogP) is 4.14. The number of hydrogen-bond donors (Lipinski definition) is 0. The molecule has 5 heteroatoms. The van der Waals surface area contributed by atoms with Crippen molar-refractivity contribution in [3.8, 4) is 11.1 Å². The fourth-order valence-electron chi connectivity index (χ4n) is 4.36. The largest absolute Gasteiger partial charge is 0.348 e. The van der Waals surface area contributed by atoms with Crippen LogP contribution in [0, 0.1) is 11.2 Å². The van der Waals surface area contributed by atoms with Crippen LogP contribution in [0.4, 0.5) is 4.39 Å². The van der Waals surface area contributed by atoms with Gasteiger partial charge in [-0.05, 0) is 48.1 Å². The zero-order valence-corrected chi connectivity index (χ0v) is 17.5. The molecule has 1 aliphatic heterocycles. The van der Waals surface area contributed by atoms with Crippen molar-refractivity contribution < 1.29 is 14.0 Å². The van der Waals surface area contributed by atoms with Gasteiger partial charge in [0.15, 0.2) is 0 Å². The number of piperidine rings is 1. The predicted molar refractivity (Wildman–Crippen MR) is 113 cm³/mol. The Labute approximate surface area is 172 Å². The van der Waals surface area contributed by atoms with Crippen molar-refractivity contribution in [2.75, 3.05) is 27.2 Å². The molecule has 1 atom stereocenters. The van der Waals surface area contributed by atoms with E-state index < -0.39 is 5.41 Å². The number of amides is 2. The van der Waals surface area contributed by atoms with E-state index in [4.69, 9.17) is 0 Å². The summed E-state index contributed by atoms with van der Waals surface area (Å²) in [4.78, 5) is 29.0. The van der Waals surface area contributed by atoms with E-state index in [1.165, 1.54) is 12.1 Å². The maximum Gasteiger partial charge on any atom is 0.230 e. The van der Waals surface area contributed by atoms with Crippen LogP contribution in [0.25, 0.3) is 11.1 Å². The summed E-state index contributed by atoms with van der Waals surface area (Å²) < 4.78 is 13.6. The molecule has 0 bridgehead atoms. The van der Waals surface area contributed by atoms with Crippen LogP contribution in [0.5, 0.6) is 0 Å². The molecule has 3 rings (SSSR count). The smallest absolute Gasteiger partial charge is 0.230 e. The van der Waals surface area contributed by atoms with Crippen molar-refractivity contribution >= 4 is 11.8 Å². The molecule has 0 unspecified atom stereocenters. The van der Waals surface area contributed by atoms with E-state index in [9.17, 15) is 14.0 Å². The van der Waals surface area contributed by atoms with Crippen LogP contribution in [0.15, 0.2) is 48.5 Å². The fraction of sp³-hybridized carbons (Fsp3) is 0.417. The number of halogens is 1. The maximum absolute atomic E-state index is 13.6. The van der Waals surface area contributed by atoms with Gasteiger partial charge >= 0.3 is 0 Å². The summed E-state index contributed by atoms with van der Waals surface area (Å²) in [5.41, 5.74) is 2.12. The molecular formula is C24H29FN2O2. The summed E-state index contributed by atoms with van der Waals surface area (Å²) in [5.74, 6) is -0.121. The van der Waals surface area contributed by atoms with Gasteiger partial charge in [-0.2, -0.15) is 0 Å². The second kappa shape index (κ2) is 8.76. The minimum absolute atomic E-state index is 0.0576. The number of rotatable bonds is 5. The van der Waals surface area contributed by atoms with Crippen LogP contribution in [0.1, 0.15) is 31.7 Å². The standard InChI is InChI=1S/C24H29FN2O2/c1-4-22(28)27-13-7-12-24(17-27,23(29)26(2)3)16-18-8-5-9-19(14-18)20-10-6-11-21(25)15-20/h5-6,8-11,14-15H,4,7,12-13,16-17H2,1-3H3/t24-/m1/s1. The van der Waals surface area contributed by atoms with Gasteiger partial charge in [0.05, 0.1) is 5.41 Å². The molecule has 2 amide bonds. The molecule has 1 aliphatic rings. The molecule has 2 aromatic rings. The van der Waals surface area contributed by atoms with Crippen molar-refractivity contribution in [2.45, 2.75) is 32.6 Å². The van der Waals surface area contributed by atoms with Gasteiger partial charge < -0.3 is 9.80 Å². The minimum Gasteiger partial charge on any atom is -0.348 e. The summed E-state index contributed by atoms with van der Waals surface area (Å²) in [7, 11) is 3.54. The van der Waals surface area contributed by atoms with Crippen LogP contribution in [0.3, 0.4) is 0 Å². The molecule has 0 aliphatic carbocycles. The number of nitrogens with zero attached hydrogens (tertiary/aromatic N) is 2. The molecule has 0 radical (unpaired) electrons. The summed E-state index contributed by atoms with van der Waals surface area (Å²) in [6, 6.07) is 14.5. The van der Waals surface area contributed by atoms with Crippen molar-refractivity contribution in [2.24, 2.45) is 5.41 Å². The zero-order chi connectivity index (χ0) is 21.0. The molecule has 0 aromatic heterocycles.